The van der Waals surface area contributed by atoms with Gasteiger partial charge in [-0.1, -0.05) is 42.0 Å². The molecule has 0 amide bonds. The van der Waals surface area contributed by atoms with E-state index >= 15 is 0 Å². The summed E-state index contributed by atoms with van der Waals surface area (Å²) in [5, 5.41) is 30.2. The zero-order chi connectivity index (χ0) is 38.0. The van der Waals surface area contributed by atoms with Gasteiger partial charge < -0.3 is 19.0 Å². The number of aromatic nitrogens is 6. The lowest BCUT2D eigenvalue weighted by molar-refractivity contribution is 0.461. The summed E-state index contributed by atoms with van der Waals surface area (Å²) in [4.78, 5) is 50.0. The Kier molecular flexibility index (Phi) is 8.64. The van der Waals surface area contributed by atoms with E-state index in [0.717, 1.165) is 17.2 Å². The molecule has 0 aliphatic heterocycles. The molecule has 2 N–H and O–H groups in total. The van der Waals surface area contributed by atoms with Gasteiger partial charge in [0.15, 0.2) is 16.9 Å². The number of halogens is 2. The van der Waals surface area contributed by atoms with Crippen molar-refractivity contribution < 1.29 is 23.4 Å². The smallest absolute Gasteiger partial charge is 0.354 e. The molecule has 6 heterocycles. The molecule has 270 valence electrons. The van der Waals surface area contributed by atoms with Crippen LogP contribution in [0.2, 0.25) is 0 Å². The van der Waals surface area contributed by atoms with Crippen molar-refractivity contribution in [2.45, 2.75) is 33.9 Å². The van der Waals surface area contributed by atoms with Crippen LogP contribution in [0.1, 0.15) is 28.1 Å². The van der Waals surface area contributed by atoms with Gasteiger partial charge in [0.25, 0.3) is 11.1 Å². The van der Waals surface area contributed by atoms with Gasteiger partial charge in [-0.3, -0.25) is 28.1 Å². The van der Waals surface area contributed by atoms with Crippen LogP contribution in [-0.4, -0.2) is 38.9 Å². The Morgan fingerprint density at radius 3 is 1.70 bits per heavy atom. The number of benzene rings is 2. The minimum absolute atomic E-state index is 0.0101. The topological polar surface area (TPSA) is 181 Å². The number of hydrogen-bond donors (Lipinski definition) is 2. The number of fused-ring (bicyclic) bond motifs is 6. The van der Waals surface area contributed by atoms with Gasteiger partial charge in [-0.25, -0.2) is 14.0 Å². The standard InChI is InChI=1S/C19H16BrN3O4.C18H14FN3O4/c1-9-4-6-11(7-5-9)8-23-17-12(10(2)21-22(17)3)16-13(18(23)25)15(24)14(20)19(26)27-16;1-9-14-16-15(12(23)7-13(24)26-16)18(25)22(17(14)21(2)20-9)8-10-3-5-11(19)6-4-10/h4-7,24H,8H2,1-3H3;3-7,23H,8H2,1-2H3. The summed E-state index contributed by atoms with van der Waals surface area (Å²) in [6.45, 7) is 5.91. The molecule has 0 saturated carbocycles. The number of aromatic hydroxyl groups is 2. The second-order valence-corrected chi connectivity index (χ2v) is 13.4. The summed E-state index contributed by atoms with van der Waals surface area (Å²) in [7, 11) is 3.39. The monoisotopic (exact) mass is 784 g/mol. The first-order valence-corrected chi connectivity index (χ1v) is 16.9. The maximum atomic E-state index is 13.2. The molecule has 0 fully saturated rings. The van der Waals surface area contributed by atoms with Crippen molar-refractivity contribution in [2.75, 3.05) is 0 Å². The molecule has 0 radical (unpaired) electrons. The fraction of sp³-hybridized carbons (Fsp3) is 0.189. The summed E-state index contributed by atoms with van der Waals surface area (Å²) in [5.74, 6) is -1.24. The predicted octanol–water partition coefficient (Wildman–Crippen LogP) is 5.02. The quantitative estimate of drug-likeness (QED) is 0.246. The minimum atomic E-state index is -0.754. The van der Waals surface area contributed by atoms with Crippen molar-refractivity contribution in [3.05, 3.63) is 135 Å². The van der Waals surface area contributed by atoms with Gasteiger partial charge >= 0.3 is 11.3 Å². The molecule has 14 nitrogen and oxygen atoms in total. The van der Waals surface area contributed by atoms with Gasteiger partial charge in [0.05, 0.1) is 41.3 Å². The van der Waals surface area contributed by atoms with E-state index in [4.69, 9.17) is 8.83 Å². The lowest BCUT2D eigenvalue weighted by atomic mass is 10.1. The van der Waals surface area contributed by atoms with Crippen molar-refractivity contribution in [3.63, 3.8) is 0 Å². The molecule has 53 heavy (non-hydrogen) atoms. The first kappa shape index (κ1) is 35.1. The van der Waals surface area contributed by atoms with Gasteiger partial charge in [-0.15, -0.1) is 0 Å². The molecule has 8 rings (SSSR count). The summed E-state index contributed by atoms with van der Waals surface area (Å²) in [6, 6.07) is 14.5. The van der Waals surface area contributed by atoms with Crippen LogP contribution in [0.25, 0.3) is 44.0 Å². The molecule has 0 unspecified atom stereocenters. The van der Waals surface area contributed by atoms with E-state index in [9.17, 15) is 33.8 Å². The second kappa shape index (κ2) is 13.0. The molecule has 2 aromatic carbocycles. The van der Waals surface area contributed by atoms with Crippen molar-refractivity contribution in [2.24, 2.45) is 14.1 Å². The summed E-state index contributed by atoms with van der Waals surface area (Å²) < 4.78 is 29.6. The molecule has 0 bridgehead atoms. The van der Waals surface area contributed by atoms with E-state index in [2.05, 4.69) is 26.1 Å². The molecule has 6 aromatic heterocycles. The molecule has 0 spiro atoms. The van der Waals surface area contributed by atoms with Crippen LogP contribution in [0.5, 0.6) is 11.5 Å². The Hall–Kier alpha value is -6.29. The number of aryl methyl sites for hydroxylation is 5. The van der Waals surface area contributed by atoms with E-state index in [0.29, 0.717) is 45.6 Å². The molecular weight excluding hydrogens is 755 g/mol. The second-order valence-electron chi connectivity index (χ2n) is 12.6. The van der Waals surface area contributed by atoms with Crippen molar-refractivity contribution in [1.82, 2.24) is 28.7 Å². The summed E-state index contributed by atoms with van der Waals surface area (Å²) in [5.41, 5.74) is 2.43. The number of pyridine rings is 2. The van der Waals surface area contributed by atoms with E-state index < -0.39 is 33.9 Å². The highest BCUT2D eigenvalue weighted by atomic mass is 79.9. The van der Waals surface area contributed by atoms with Crippen LogP contribution in [0.4, 0.5) is 4.39 Å². The molecule has 8 aromatic rings. The Labute approximate surface area is 305 Å². The summed E-state index contributed by atoms with van der Waals surface area (Å²) in [6.07, 6.45) is 0. The van der Waals surface area contributed by atoms with Crippen molar-refractivity contribution >= 4 is 59.9 Å². The van der Waals surface area contributed by atoms with E-state index in [1.54, 1.807) is 44.8 Å². The van der Waals surface area contributed by atoms with Crippen LogP contribution in [-0.2, 0) is 27.2 Å². The van der Waals surface area contributed by atoms with Gasteiger partial charge in [-0.2, -0.15) is 10.2 Å². The summed E-state index contributed by atoms with van der Waals surface area (Å²) >= 11 is 3.00. The largest absolute Gasteiger partial charge is 0.507 e. The number of hydrogen-bond acceptors (Lipinski definition) is 10. The maximum Gasteiger partial charge on any atom is 0.354 e. The Morgan fingerprint density at radius 1 is 0.698 bits per heavy atom. The molecule has 0 saturated heterocycles. The van der Waals surface area contributed by atoms with Gasteiger partial charge in [-0.05, 0) is 60.0 Å². The molecule has 0 aliphatic rings. The first-order chi connectivity index (χ1) is 25.2. The molecule has 0 aliphatic carbocycles. The average Bonchev–Trinajstić information content (AvgIpc) is 3.57. The van der Waals surface area contributed by atoms with E-state index in [1.807, 2.05) is 31.2 Å². The van der Waals surface area contributed by atoms with Crippen LogP contribution in [0.15, 0.2) is 87.1 Å². The highest BCUT2D eigenvalue weighted by Crippen LogP contribution is 2.33. The van der Waals surface area contributed by atoms with Gasteiger partial charge in [0.1, 0.15) is 38.1 Å². The first-order valence-electron chi connectivity index (χ1n) is 16.1. The highest BCUT2D eigenvalue weighted by Gasteiger charge is 2.25. The molecular formula is C37H30BrFN6O8. The van der Waals surface area contributed by atoms with Crippen molar-refractivity contribution in [1.29, 1.82) is 0 Å². The third kappa shape index (κ3) is 5.90. The average molecular weight is 786 g/mol. The highest BCUT2D eigenvalue weighted by molar-refractivity contribution is 9.10. The Bertz CT molecular complexity index is 3030. The van der Waals surface area contributed by atoms with Crippen LogP contribution in [0.3, 0.4) is 0 Å². The molecule has 16 heteroatoms. The van der Waals surface area contributed by atoms with Gasteiger partial charge in [0, 0.05) is 14.1 Å². The fourth-order valence-electron chi connectivity index (χ4n) is 6.59. The van der Waals surface area contributed by atoms with Crippen LogP contribution < -0.4 is 22.4 Å². The number of rotatable bonds is 4. The third-order valence-corrected chi connectivity index (χ3v) is 9.67. The number of nitrogens with zero attached hydrogens (tertiary/aromatic N) is 6. The minimum Gasteiger partial charge on any atom is -0.507 e. The third-order valence-electron chi connectivity index (χ3n) is 8.97. The SMILES string of the molecule is Cc1ccc(Cn2c(=O)c3c(O)c(Br)c(=O)oc3c3c(C)nn(C)c32)cc1.Cc1nn(C)c2c1c1oc(=O)cc(O)c1c(=O)n2Cc1ccc(F)cc1. The van der Waals surface area contributed by atoms with Crippen LogP contribution >= 0.6 is 15.9 Å². The normalized spacial score (nSPS) is 11.5. The predicted molar refractivity (Wildman–Crippen MR) is 198 cm³/mol. The lowest BCUT2D eigenvalue weighted by Crippen LogP contribution is -2.24. The van der Waals surface area contributed by atoms with E-state index in [-0.39, 0.29) is 38.8 Å². The van der Waals surface area contributed by atoms with Crippen LogP contribution in [0, 0.1) is 26.6 Å². The lowest BCUT2D eigenvalue weighted by Gasteiger charge is -2.12. The van der Waals surface area contributed by atoms with Gasteiger partial charge in [0.2, 0.25) is 0 Å². The zero-order valence-electron chi connectivity index (χ0n) is 28.9. The zero-order valence-corrected chi connectivity index (χ0v) is 30.5. The van der Waals surface area contributed by atoms with Crippen molar-refractivity contribution in [3.8, 4) is 11.5 Å². The maximum absolute atomic E-state index is 13.2. The van der Waals surface area contributed by atoms with E-state index in [1.165, 1.54) is 25.9 Å². The fourth-order valence-corrected chi connectivity index (χ4v) is 6.87. The molecule has 0 atom stereocenters. The Morgan fingerprint density at radius 2 is 1.17 bits per heavy atom. The Balaban J connectivity index is 0.000000164.